The van der Waals surface area contributed by atoms with Crippen LogP contribution in [0.5, 0.6) is 5.75 Å². The molecule has 0 saturated carbocycles. The fraction of sp³-hybridized carbons (Fsp3) is 0.211. The Hall–Kier alpha value is -2.75. The number of methoxy groups -OCH3 is 1. The Balaban J connectivity index is 1.63. The molecule has 0 bridgehead atoms. The molecule has 2 rings (SSSR count). The van der Waals surface area contributed by atoms with Gasteiger partial charge in [0.05, 0.1) is 7.11 Å². The number of urea groups is 1. The maximum absolute atomic E-state index is 11.7. The Morgan fingerprint density at radius 3 is 2.52 bits per heavy atom. The fourth-order valence-electron chi connectivity index (χ4n) is 2.12. The highest BCUT2D eigenvalue weighted by Crippen LogP contribution is 2.11. The van der Waals surface area contributed by atoms with E-state index in [1.165, 1.54) is 5.56 Å². The van der Waals surface area contributed by atoms with Crippen molar-refractivity contribution in [2.45, 2.75) is 12.8 Å². The van der Waals surface area contributed by atoms with Gasteiger partial charge in [-0.2, -0.15) is 0 Å². The van der Waals surface area contributed by atoms with E-state index in [1.54, 1.807) is 13.3 Å². The molecule has 23 heavy (non-hydrogen) atoms. The third-order valence-electron chi connectivity index (χ3n) is 3.38. The SMILES string of the molecule is COc1ccc(/C=C/NC(=O)NCCCc2ccccc2)cc1. The summed E-state index contributed by atoms with van der Waals surface area (Å²) in [4.78, 5) is 11.7. The number of hydrogen-bond acceptors (Lipinski definition) is 2. The van der Waals surface area contributed by atoms with Gasteiger partial charge >= 0.3 is 6.03 Å². The van der Waals surface area contributed by atoms with Gasteiger partial charge in [0.2, 0.25) is 0 Å². The predicted octanol–water partition coefficient (Wildman–Crippen LogP) is 3.60. The van der Waals surface area contributed by atoms with E-state index in [1.807, 2.05) is 48.5 Å². The number of amides is 2. The van der Waals surface area contributed by atoms with E-state index in [2.05, 4.69) is 22.8 Å². The summed E-state index contributed by atoms with van der Waals surface area (Å²) in [6.45, 7) is 0.650. The predicted molar refractivity (Wildman–Crippen MR) is 93.3 cm³/mol. The molecule has 2 aromatic rings. The molecule has 0 aliphatic carbocycles. The molecule has 0 aromatic heterocycles. The van der Waals surface area contributed by atoms with Crippen molar-refractivity contribution in [3.8, 4) is 5.75 Å². The Morgan fingerprint density at radius 1 is 1.09 bits per heavy atom. The monoisotopic (exact) mass is 310 g/mol. The number of benzene rings is 2. The van der Waals surface area contributed by atoms with Gasteiger partial charge in [-0.05, 0) is 42.2 Å². The summed E-state index contributed by atoms with van der Waals surface area (Å²) in [7, 11) is 1.63. The molecule has 0 aliphatic heterocycles. The second-order valence-electron chi connectivity index (χ2n) is 5.10. The Bertz CT molecular complexity index is 622. The Labute approximate surface area is 137 Å². The van der Waals surface area contributed by atoms with E-state index >= 15 is 0 Å². The van der Waals surface area contributed by atoms with Gasteiger partial charge in [-0.1, -0.05) is 42.5 Å². The summed E-state index contributed by atoms with van der Waals surface area (Å²) in [5, 5.41) is 5.53. The number of carbonyl (C=O) groups excluding carboxylic acids is 1. The molecule has 0 atom stereocenters. The van der Waals surface area contributed by atoms with Gasteiger partial charge in [-0.15, -0.1) is 0 Å². The van der Waals surface area contributed by atoms with Crippen LogP contribution in [0, 0.1) is 0 Å². The van der Waals surface area contributed by atoms with E-state index in [9.17, 15) is 4.79 Å². The van der Waals surface area contributed by atoms with Gasteiger partial charge < -0.3 is 15.4 Å². The highest BCUT2D eigenvalue weighted by atomic mass is 16.5. The van der Waals surface area contributed by atoms with Crippen LogP contribution in [0.1, 0.15) is 17.5 Å². The number of nitrogens with one attached hydrogen (secondary N) is 2. The van der Waals surface area contributed by atoms with Gasteiger partial charge in [0.1, 0.15) is 5.75 Å². The van der Waals surface area contributed by atoms with Gasteiger partial charge in [0, 0.05) is 12.7 Å². The molecular formula is C19H22N2O2. The summed E-state index contributed by atoms with van der Waals surface area (Å²) >= 11 is 0. The van der Waals surface area contributed by atoms with E-state index in [0.29, 0.717) is 6.54 Å². The number of ether oxygens (including phenoxy) is 1. The van der Waals surface area contributed by atoms with Crippen molar-refractivity contribution in [2.24, 2.45) is 0 Å². The van der Waals surface area contributed by atoms with Crippen LogP contribution in [-0.2, 0) is 6.42 Å². The third kappa shape index (κ3) is 6.26. The van der Waals surface area contributed by atoms with Crippen molar-refractivity contribution in [3.63, 3.8) is 0 Å². The summed E-state index contributed by atoms with van der Waals surface area (Å²) < 4.78 is 5.09. The highest BCUT2D eigenvalue weighted by molar-refractivity contribution is 5.75. The first kappa shape index (κ1) is 16.6. The molecule has 0 spiro atoms. The van der Waals surface area contributed by atoms with Crippen LogP contribution in [0.4, 0.5) is 4.79 Å². The summed E-state index contributed by atoms with van der Waals surface area (Å²) in [5.41, 5.74) is 2.28. The van der Waals surface area contributed by atoms with Gasteiger partial charge in [0.15, 0.2) is 0 Å². The normalized spacial score (nSPS) is 10.5. The summed E-state index contributed by atoms with van der Waals surface area (Å²) in [6, 6.07) is 17.7. The van der Waals surface area contributed by atoms with Crippen molar-refractivity contribution < 1.29 is 9.53 Å². The molecule has 2 N–H and O–H groups in total. The van der Waals surface area contributed by atoms with Gasteiger partial charge in [-0.3, -0.25) is 0 Å². The molecule has 0 heterocycles. The average molecular weight is 310 g/mol. The zero-order valence-electron chi connectivity index (χ0n) is 13.3. The molecule has 0 unspecified atom stereocenters. The number of hydrogen-bond donors (Lipinski definition) is 2. The van der Waals surface area contributed by atoms with Gasteiger partial charge in [-0.25, -0.2) is 4.79 Å². The van der Waals surface area contributed by atoms with Crippen LogP contribution < -0.4 is 15.4 Å². The van der Waals surface area contributed by atoms with Crippen LogP contribution in [0.25, 0.3) is 6.08 Å². The highest BCUT2D eigenvalue weighted by Gasteiger charge is 1.97. The quantitative estimate of drug-likeness (QED) is 0.768. The van der Waals surface area contributed by atoms with Crippen LogP contribution in [0.15, 0.2) is 60.8 Å². The number of aryl methyl sites for hydroxylation is 1. The lowest BCUT2D eigenvalue weighted by Gasteiger charge is -2.05. The minimum Gasteiger partial charge on any atom is -0.497 e. The lowest BCUT2D eigenvalue weighted by molar-refractivity contribution is 0.244. The molecule has 0 saturated heterocycles. The largest absolute Gasteiger partial charge is 0.497 e. The lowest BCUT2D eigenvalue weighted by atomic mass is 10.1. The third-order valence-corrected chi connectivity index (χ3v) is 3.38. The van der Waals surface area contributed by atoms with Crippen LogP contribution >= 0.6 is 0 Å². The summed E-state index contributed by atoms with van der Waals surface area (Å²) in [6.07, 6.45) is 5.35. The van der Waals surface area contributed by atoms with E-state index in [0.717, 1.165) is 24.2 Å². The Kier molecular flexibility index (Phi) is 6.72. The minimum absolute atomic E-state index is 0.192. The van der Waals surface area contributed by atoms with Crippen molar-refractivity contribution >= 4 is 12.1 Å². The second-order valence-corrected chi connectivity index (χ2v) is 5.10. The topological polar surface area (TPSA) is 50.4 Å². The van der Waals surface area contributed by atoms with Crippen molar-refractivity contribution in [1.29, 1.82) is 0 Å². The summed E-state index contributed by atoms with van der Waals surface area (Å²) in [5.74, 6) is 0.811. The van der Waals surface area contributed by atoms with Gasteiger partial charge in [0.25, 0.3) is 0 Å². The smallest absolute Gasteiger partial charge is 0.318 e. The van der Waals surface area contributed by atoms with Crippen LogP contribution in [0.3, 0.4) is 0 Å². The minimum atomic E-state index is -0.192. The number of carbonyl (C=O) groups is 1. The molecule has 0 radical (unpaired) electrons. The molecular weight excluding hydrogens is 288 g/mol. The lowest BCUT2D eigenvalue weighted by Crippen LogP contribution is -2.32. The van der Waals surface area contributed by atoms with Crippen molar-refractivity contribution in [3.05, 3.63) is 71.9 Å². The van der Waals surface area contributed by atoms with Crippen molar-refractivity contribution in [2.75, 3.05) is 13.7 Å². The van der Waals surface area contributed by atoms with Crippen molar-refractivity contribution in [1.82, 2.24) is 10.6 Å². The van der Waals surface area contributed by atoms with E-state index in [4.69, 9.17) is 4.74 Å². The van der Waals surface area contributed by atoms with Crippen LogP contribution in [0.2, 0.25) is 0 Å². The fourth-order valence-corrected chi connectivity index (χ4v) is 2.12. The first-order valence-electron chi connectivity index (χ1n) is 7.67. The second kappa shape index (κ2) is 9.30. The van der Waals surface area contributed by atoms with E-state index in [-0.39, 0.29) is 6.03 Å². The molecule has 4 nitrogen and oxygen atoms in total. The molecule has 0 aliphatic rings. The average Bonchev–Trinajstić information content (AvgIpc) is 2.60. The Morgan fingerprint density at radius 2 is 1.83 bits per heavy atom. The maximum atomic E-state index is 11.7. The zero-order chi connectivity index (χ0) is 16.3. The zero-order valence-corrected chi connectivity index (χ0v) is 13.3. The van der Waals surface area contributed by atoms with Crippen LogP contribution in [-0.4, -0.2) is 19.7 Å². The molecule has 2 aromatic carbocycles. The first-order valence-corrected chi connectivity index (χ1v) is 7.67. The molecule has 4 heteroatoms. The molecule has 120 valence electrons. The number of rotatable bonds is 7. The first-order chi connectivity index (χ1) is 11.3. The maximum Gasteiger partial charge on any atom is 0.318 e. The molecule has 2 amide bonds. The standard InChI is InChI=1S/C19H22N2O2/c1-23-18-11-9-17(10-12-18)13-15-21-19(22)20-14-5-8-16-6-3-2-4-7-16/h2-4,6-7,9-13,15H,5,8,14H2,1H3,(H2,20,21,22)/b15-13+. The molecule has 0 fully saturated rings. The van der Waals surface area contributed by atoms with E-state index < -0.39 is 0 Å².